The lowest BCUT2D eigenvalue weighted by Crippen LogP contribution is -1.84. The van der Waals surface area contributed by atoms with Gasteiger partial charge in [-0.1, -0.05) is 0 Å². The third kappa shape index (κ3) is 0.509. The smallest absolute Gasteiger partial charge is 0.261 e. The van der Waals surface area contributed by atoms with Gasteiger partial charge in [0, 0.05) is 0 Å². The van der Waals surface area contributed by atoms with Crippen molar-refractivity contribution in [2.75, 3.05) is 0 Å². The van der Waals surface area contributed by atoms with Crippen molar-refractivity contribution in [1.82, 2.24) is 24.8 Å². The summed E-state index contributed by atoms with van der Waals surface area (Å²) in [6.07, 6.45) is 1.46. The summed E-state index contributed by atoms with van der Waals surface area (Å²) in [5.74, 6) is 1.44. The predicted molar refractivity (Wildman–Crippen MR) is 29.9 cm³/mol. The topological polar surface area (TPSA) is 58.9 Å². The minimum Gasteiger partial charge on any atom is -0.261 e. The Kier molecular flexibility index (Phi) is 0.652. The molecule has 9 heavy (non-hydrogen) atoms. The highest BCUT2D eigenvalue weighted by Crippen LogP contribution is 1.90. The van der Waals surface area contributed by atoms with Gasteiger partial charge in [-0.15, -0.1) is 9.73 Å². The maximum atomic E-state index is 4.01. The number of fused-ring (bicyclic) bond motifs is 1. The van der Waals surface area contributed by atoms with E-state index in [9.17, 15) is 0 Å². The van der Waals surface area contributed by atoms with Crippen molar-refractivity contribution in [2.24, 2.45) is 0 Å². The summed E-state index contributed by atoms with van der Waals surface area (Å²) in [5, 5.41) is 6.70. The van der Waals surface area contributed by atoms with E-state index in [1.54, 1.807) is 0 Å². The maximum absolute atomic E-state index is 4.01. The van der Waals surface area contributed by atoms with Crippen LogP contribution in [-0.2, 0) is 0 Å². The molecule has 0 spiro atoms. The lowest BCUT2D eigenvalue weighted by Gasteiger charge is -1.73. The number of hydrogen-bond donors (Lipinski definition) is 1. The maximum Gasteiger partial charge on any atom is 0.269 e. The van der Waals surface area contributed by atoms with E-state index in [1.165, 1.54) is 11.0 Å². The average molecular weight is 123 g/mol. The van der Waals surface area contributed by atoms with Crippen molar-refractivity contribution in [3.8, 4) is 0 Å². The van der Waals surface area contributed by atoms with E-state index in [4.69, 9.17) is 0 Å². The lowest BCUT2D eigenvalue weighted by atomic mass is 10.8. The Bertz CT molecular complexity index is 290. The first-order valence-corrected chi connectivity index (χ1v) is 2.58. The molecule has 0 fully saturated rings. The van der Waals surface area contributed by atoms with Crippen molar-refractivity contribution in [2.45, 2.75) is 6.92 Å². The largest absolute Gasteiger partial charge is 0.269 e. The molecule has 46 valence electrons. The zero-order chi connectivity index (χ0) is 6.27. The average Bonchev–Trinajstić information content (AvgIpc) is 2.22. The first-order chi connectivity index (χ1) is 4.36. The molecule has 1 N–H and O–H groups in total. The summed E-state index contributed by atoms with van der Waals surface area (Å²) in [4.78, 5) is 7.86. The molecule has 0 radical (unpaired) electrons. The number of aromatic nitrogens is 5. The van der Waals surface area contributed by atoms with Gasteiger partial charge in [0.2, 0.25) is 0 Å². The van der Waals surface area contributed by atoms with Crippen LogP contribution in [-0.4, -0.2) is 24.8 Å². The van der Waals surface area contributed by atoms with Crippen molar-refractivity contribution >= 4 is 5.78 Å². The van der Waals surface area contributed by atoms with Gasteiger partial charge in [0.1, 0.15) is 12.2 Å². The van der Waals surface area contributed by atoms with E-state index < -0.39 is 0 Å². The van der Waals surface area contributed by atoms with Crippen LogP contribution in [0.4, 0.5) is 0 Å². The number of H-pyrrole nitrogens is 1. The molecule has 5 heteroatoms. The zero-order valence-electron chi connectivity index (χ0n) is 4.87. The van der Waals surface area contributed by atoms with E-state index in [1.807, 2.05) is 6.92 Å². The molecule has 0 saturated carbocycles. The van der Waals surface area contributed by atoms with Gasteiger partial charge < -0.3 is 0 Å². The summed E-state index contributed by atoms with van der Waals surface area (Å²) < 4.78 is 1.52. The van der Waals surface area contributed by atoms with Crippen molar-refractivity contribution in [1.29, 1.82) is 0 Å². The highest BCUT2D eigenvalue weighted by molar-refractivity contribution is 5.21. The second-order valence-electron chi connectivity index (χ2n) is 1.78. The van der Waals surface area contributed by atoms with E-state index in [2.05, 4.69) is 20.2 Å². The van der Waals surface area contributed by atoms with Gasteiger partial charge in [-0.3, -0.25) is 5.10 Å². The van der Waals surface area contributed by atoms with Crippen LogP contribution in [0.1, 0.15) is 5.82 Å². The van der Waals surface area contributed by atoms with Crippen molar-refractivity contribution in [3.63, 3.8) is 0 Å². The SMILES string of the molecule is Cc1nc2ncnn2[nH]1. The van der Waals surface area contributed by atoms with E-state index in [0.29, 0.717) is 5.78 Å². The van der Waals surface area contributed by atoms with E-state index in [-0.39, 0.29) is 0 Å². The molecule has 0 aliphatic rings. The molecule has 0 atom stereocenters. The number of rotatable bonds is 0. The Morgan fingerprint density at radius 3 is 3.33 bits per heavy atom. The second kappa shape index (κ2) is 1.31. The minimum atomic E-state index is 0.618. The Hall–Kier alpha value is -1.39. The Labute approximate surface area is 50.7 Å². The molecule has 0 aromatic carbocycles. The molecule has 0 amide bonds. The quantitative estimate of drug-likeness (QED) is 0.526. The monoisotopic (exact) mass is 123 g/mol. The zero-order valence-corrected chi connectivity index (χ0v) is 4.87. The highest BCUT2D eigenvalue weighted by Gasteiger charge is 1.96. The minimum absolute atomic E-state index is 0.618. The van der Waals surface area contributed by atoms with Gasteiger partial charge in [-0.2, -0.15) is 9.97 Å². The van der Waals surface area contributed by atoms with Crippen LogP contribution in [0, 0.1) is 6.92 Å². The molecular weight excluding hydrogens is 118 g/mol. The van der Waals surface area contributed by atoms with Gasteiger partial charge in [0.15, 0.2) is 0 Å². The van der Waals surface area contributed by atoms with Gasteiger partial charge in [-0.05, 0) is 6.92 Å². The summed E-state index contributed by atoms with van der Waals surface area (Å²) >= 11 is 0. The van der Waals surface area contributed by atoms with Gasteiger partial charge in [0.25, 0.3) is 5.78 Å². The number of hydrogen-bond acceptors (Lipinski definition) is 3. The van der Waals surface area contributed by atoms with E-state index >= 15 is 0 Å². The molecule has 0 unspecified atom stereocenters. The fourth-order valence-corrected chi connectivity index (χ4v) is 0.719. The molecule has 5 nitrogen and oxygen atoms in total. The highest BCUT2D eigenvalue weighted by atomic mass is 15.5. The van der Waals surface area contributed by atoms with Crippen LogP contribution in [0.5, 0.6) is 0 Å². The molecule has 2 rings (SSSR count). The third-order valence-corrected chi connectivity index (χ3v) is 1.07. The lowest BCUT2D eigenvalue weighted by molar-refractivity contribution is 0.806. The van der Waals surface area contributed by atoms with Crippen LogP contribution in [0.3, 0.4) is 0 Å². The Balaban J connectivity index is 2.92. The van der Waals surface area contributed by atoms with Crippen LogP contribution in [0.2, 0.25) is 0 Å². The predicted octanol–water partition coefficient (Wildman–Crippen LogP) is -0.239. The molecule has 2 aromatic heterocycles. The standard InChI is InChI=1S/C4H5N5/c1-3-7-4-5-2-6-9(4)8-3/h2H,1H3,(H,5,6,7,8). The number of nitrogens with one attached hydrogen (secondary N) is 1. The Morgan fingerprint density at radius 1 is 1.67 bits per heavy atom. The third-order valence-electron chi connectivity index (χ3n) is 1.07. The fraction of sp³-hybridized carbons (Fsp3) is 0.250. The van der Waals surface area contributed by atoms with Gasteiger partial charge in [-0.25, -0.2) is 0 Å². The van der Waals surface area contributed by atoms with Crippen LogP contribution in [0.15, 0.2) is 6.33 Å². The summed E-state index contributed by atoms with van der Waals surface area (Å²) in [7, 11) is 0. The molecule has 0 saturated heterocycles. The van der Waals surface area contributed by atoms with Crippen molar-refractivity contribution < 1.29 is 0 Å². The second-order valence-corrected chi connectivity index (χ2v) is 1.78. The van der Waals surface area contributed by atoms with Gasteiger partial charge >= 0.3 is 0 Å². The van der Waals surface area contributed by atoms with Crippen LogP contribution in [0.25, 0.3) is 5.78 Å². The fourth-order valence-electron chi connectivity index (χ4n) is 0.719. The van der Waals surface area contributed by atoms with Crippen LogP contribution >= 0.6 is 0 Å². The number of aromatic amines is 1. The summed E-state index contributed by atoms with van der Waals surface area (Å²) in [5.41, 5.74) is 0. The molecule has 0 aliphatic carbocycles. The normalized spacial score (nSPS) is 10.8. The molecule has 2 heterocycles. The van der Waals surface area contributed by atoms with Crippen LogP contribution < -0.4 is 0 Å². The first kappa shape index (κ1) is 4.49. The summed E-state index contributed by atoms with van der Waals surface area (Å²) in [6, 6.07) is 0. The molecule has 0 aliphatic heterocycles. The number of aryl methyl sites for hydroxylation is 1. The van der Waals surface area contributed by atoms with Crippen molar-refractivity contribution in [3.05, 3.63) is 12.2 Å². The molecule has 2 aromatic rings. The number of nitrogens with zero attached hydrogens (tertiary/aromatic N) is 4. The Morgan fingerprint density at radius 2 is 2.56 bits per heavy atom. The van der Waals surface area contributed by atoms with E-state index in [0.717, 1.165) is 5.82 Å². The van der Waals surface area contributed by atoms with Gasteiger partial charge in [0.05, 0.1) is 0 Å². The molecule has 0 bridgehead atoms. The first-order valence-electron chi connectivity index (χ1n) is 2.58. The molecular formula is C4H5N5. The summed E-state index contributed by atoms with van der Waals surface area (Å²) in [6.45, 7) is 1.86.